The molecule has 1 unspecified atom stereocenters. The smallest absolute Gasteiger partial charge is 0.0398 e. The molecule has 0 spiro atoms. The molecule has 1 aromatic rings. The van der Waals surface area contributed by atoms with Crippen molar-refractivity contribution in [3.8, 4) is 0 Å². The maximum absolute atomic E-state index is 3.30. The molecule has 0 radical (unpaired) electrons. The van der Waals surface area contributed by atoms with Gasteiger partial charge in [0.25, 0.3) is 0 Å². The zero-order chi connectivity index (χ0) is 11.4. The first-order valence-corrected chi connectivity index (χ1v) is 6.31. The van der Waals surface area contributed by atoms with E-state index in [4.69, 9.17) is 0 Å². The summed E-state index contributed by atoms with van der Waals surface area (Å²) in [5.41, 5.74) is 2.97. The molecule has 0 bridgehead atoms. The van der Waals surface area contributed by atoms with Crippen LogP contribution in [0.3, 0.4) is 0 Å². The lowest BCUT2D eigenvalue weighted by atomic mass is 10.0. The quantitative estimate of drug-likeness (QED) is 0.835. The van der Waals surface area contributed by atoms with Gasteiger partial charge in [-0.1, -0.05) is 18.2 Å². The Bertz CT molecular complexity index is 335. The predicted molar refractivity (Wildman–Crippen MR) is 70.1 cm³/mol. The van der Waals surface area contributed by atoms with Crippen LogP contribution in [-0.2, 0) is 6.42 Å². The van der Waals surface area contributed by atoms with Crippen LogP contribution in [0, 0.1) is 0 Å². The van der Waals surface area contributed by atoms with E-state index in [9.17, 15) is 0 Å². The van der Waals surface area contributed by atoms with Crippen molar-refractivity contribution in [1.29, 1.82) is 0 Å². The molecule has 1 aromatic carbocycles. The molecular formula is C14H22N2. The summed E-state index contributed by atoms with van der Waals surface area (Å²) < 4.78 is 0. The predicted octanol–water partition coefficient (Wildman–Crippen LogP) is 2.44. The molecule has 1 heterocycles. The largest absolute Gasteiger partial charge is 0.371 e. The Morgan fingerprint density at radius 3 is 3.00 bits per heavy atom. The van der Waals surface area contributed by atoms with Crippen LogP contribution in [0.5, 0.6) is 0 Å². The Kier molecular flexibility index (Phi) is 3.83. The minimum absolute atomic E-state index is 0.606. The molecule has 2 rings (SSSR count). The molecule has 0 aliphatic carbocycles. The van der Waals surface area contributed by atoms with Crippen molar-refractivity contribution >= 4 is 5.69 Å². The summed E-state index contributed by atoms with van der Waals surface area (Å²) in [6.45, 7) is 4.63. The molecule has 0 fully saturated rings. The highest BCUT2D eigenvalue weighted by atomic mass is 15.1. The molecule has 2 heteroatoms. The number of hydrogen-bond acceptors (Lipinski definition) is 2. The van der Waals surface area contributed by atoms with Crippen molar-refractivity contribution in [2.45, 2.75) is 32.2 Å². The van der Waals surface area contributed by atoms with Crippen molar-refractivity contribution < 1.29 is 0 Å². The van der Waals surface area contributed by atoms with Gasteiger partial charge in [-0.3, -0.25) is 0 Å². The van der Waals surface area contributed by atoms with Crippen LogP contribution in [0.25, 0.3) is 0 Å². The molecule has 16 heavy (non-hydrogen) atoms. The first-order valence-electron chi connectivity index (χ1n) is 6.31. The van der Waals surface area contributed by atoms with Crippen LogP contribution in [0.15, 0.2) is 24.3 Å². The van der Waals surface area contributed by atoms with Crippen molar-refractivity contribution in [2.24, 2.45) is 0 Å². The average Bonchev–Trinajstić information content (AvgIpc) is 2.35. The summed E-state index contributed by atoms with van der Waals surface area (Å²) in [6, 6.07) is 9.44. The minimum Gasteiger partial charge on any atom is -0.371 e. The lowest BCUT2D eigenvalue weighted by Gasteiger charge is -2.32. The van der Waals surface area contributed by atoms with Crippen LogP contribution in [-0.4, -0.2) is 26.2 Å². The third kappa shape index (κ3) is 2.56. The summed E-state index contributed by atoms with van der Waals surface area (Å²) in [7, 11) is 2.04. The van der Waals surface area contributed by atoms with E-state index in [-0.39, 0.29) is 0 Å². The third-order valence-electron chi connectivity index (χ3n) is 3.53. The first-order chi connectivity index (χ1) is 7.81. The Morgan fingerprint density at radius 1 is 1.38 bits per heavy atom. The van der Waals surface area contributed by atoms with E-state index in [0.717, 1.165) is 0 Å². The highest BCUT2D eigenvalue weighted by Gasteiger charge is 2.15. The van der Waals surface area contributed by atoms with Crippen molar-refractivity contribution in [2.75, 3.05) is 25.0 Å². The number of benzene rings is 1. The van der Waals surface area contributed by atoms with Gasteiger partial charge in [0.2, 0.25) is 0 Å². The fourth-order valence-corrected chi connectivity index (χ4v) is 2.34. The van der Waals surface area contributed by atoms with Gasteiger partial charge in [0.05, 0.1) is 0 Å². The van der Waals surface area contributed by atoms with Gasteiger partial charge in [-0.05, 0) is 44.9 Å². The maximum atomic E-state index is 3.30. The van der Waals surface area contributed by atoms with Crippen LogP contribution in [0.4, 0.5) is 5.69 Å². The summed E-state index contributed by atoms with van der Waals surface area (Å²) >= 11 is 0. The van der Waals surface area contributed by atoms with Gasteiger partial charge < -0.3 is 10.2 Å². The number of nitrogens with one attached hydrogen (secondary N) is 1. The molecular weight excluding hydrogens is 196 g/mol. The van der Waals surface area contributed by atoms with Gasteiger partial charge in [-0.25, -0.2) is 0 Å². The van der Waals surface area contributed by atoms with Crippen molar-refractivity contribution in [3.63, 3.8) is 0 Å². The monoisotopic (exact) mass is 218 g/mol. The summed E-state index contributed by atoms with van der Waals surface area (Å²) in [6.07, 6.45) is 3.75. The molecule has 1 atom stereocenters. The molecule has 0 amide bonds. The second-order valence-electron chi connectivity index (χ2n) is 4.70. The highest BCUT2D eigenvalue weighted by molar-refractivity contribution is 5.55. The van der Waals surface area contributed by atoms with Gasteiger partial charge in [-0.15, -0.1) is 0 Å². The molecule has 0 aromatic heterocycles. The summed E-state index contributed by atoms with van der Waals surface area (Å²) in [5.74, 6) is 0. The van der Waals surface area contributed by atoms with E-state index < -0.39 is 0 Å². The summed E-state index contributed by atoms with van der Waals surface area (Å²) in [5, 5.41) is 3.30. The van der Waals surface area contributed by atoms with E-state index in [2.05, 4.69) is 41.4 Å². The number of rotatable bonds is 4. The number of anilines is 1. The van der Waals surface area contributed by atoms with Crippen LogP contribution in [0.1, 0.15) is 25.3 Å². The highest BCUT2D eigenvalue weighted by Crippen LogP contribution is 2.26. The fraction of sp³-hybridized carbons (Fsp3) is 0.571. The van der Waals surface area contributed by atoms with Crippen LogP contribution >= 0.6 is 0 Å². The molecule has 2 nitrogen and oxygen atoms in total. The minimum atomic E-state index is 0.606. The topological polar surface area (TPSA) is 15.3 Å². The first kappa shape index (κ1) is 11.5. The fourth-order valence-electron chi connectivity index (χ4n) is 2.34. The van der Waals surface area contributed by atoms with Gasteiger partial charge in [0.1, 0.15) is 0 Å². The standard InChI is InChI=1S/C14H22N2/c1-12(15-2)9-11-16-10-5-7-13-6-3-4-8-14(13)16/h3-4,6,8,12,15H,5,7,9-11H2,1-2H3. The van der Waals surface area contributed by atoms with Crippen molar-refractivity contribution in [1.82, 2.24) is 5.32 Å². The molecule has 0 saturated heterocycles. The number of fused-ring (bicyclic) bond motifs is 1. The maximum Gasteiger partial charge on any atom is 0.0398 e. The van der Waals surface area contributed by atoms with E-state index in [1.165, 1.54) is 43.6 Å². The second kappa shape index (κ2) is 5.35. The number of hydrogen-bond donors (Lipinski definition) is 1. The van der Waals surface area contributed by atoms with Crippen molar-refractivity contribution in [3.05, 3.63) is 29.8 Å². The lowest BCUT2D eigenvalue weighted by molar-refractivity contribution is 0.547. The van der Waals surface area contributed by atoms with Crippen LogP contribution < -0.4 is 10.2 Å². The average molecular weight is 218 g/mol. The van der Waals surface area contributed by atoms with Gasteiger partial charge in [0.15, 0.2) is 0 Å². The number of aryl methyl sites for hydroxylation is 1. The number of nitrogens with zero attached hydrogens (tertiary/aromatic N) is 1. The molecule has 1 aliphatic heterocycles. The second-order valence-corrected chi connectivity index (χ2v) is 4.70. The van der Waals surface area contributed by atoms with Gasteiger partial charge in [0, 0.05) is 24.8 Å². The van der Waals surface area contributed by atoms with E-state index in [1.54, 1.807) is 0 Å². The Labute approximate surface area is 98.7 Å². The zero-order valence-corrected chi connectivity index (χ0v) is 10.4. The molecule has 88 valence electrons. The number of para-hydroxylation sites is 1. The Morgan fingerprint density at radius 2 is 2.19 bits per heavy atom. The molecule has 1 aliphatic rings. The SMILES string of the molecule is CNC(C)CCN1CCCc2ccccc21. The van der Waals surface area contributed by atoms with E-state index >= 15 is 0 Å². The van der Waals surface area contributed by atoms with Crippen LogP contribution in [0.2, 0.25) is 0 Å². The van der Waals surface area contributed by atoms with E-state index in [0.29, 0.717) is 6.04 Å². The van der Waals surface area contributed by atoms with E-state index in [1.807, 2.05) is 7.05 Å². The third-order valence-corrected chi connectivity index (χ3v) is 3.53. The van der Waals surface area contributed by atoms with Gasteiger partial charge in [-0.2, -0.15) is 0 Å². The summed E-state index contributed by atoms with van der Waals surface area (Å²) in [4.78, 5) is 2.53. The Balaban J connectivity index is 2.01. The normalized spacial score (nSPS) is 17.0. The molecule has 1 N–H and O–H groups in total. The zero-order valence-electron chi connectivity index (χ0n) is 10.4. The Hall–Kier alpha value is -1.02. The van der Waals surface area contributed by atoms with Gasteiger partial charge >= 0.3 is 0 Å². The lowest BCUT2D eigenvalue weighted by Crippen LogP contribution is -2.34. The molecule has 0 saturated carbocycles.